The Morgan fingerprint density at radius 3 is 2.93 bits per heavy atom. The van der Waals surface area contributed by atoms with E-state index in [0.717, 1.165) is 31.5 Å². The number of fused-ring (bicyclic) bond motifs is 1. The number of nitrogens with zero attached hydrogens (tertiary/aromatic N) is 3. The van der Waals surface area contributed by atoms with Crippen molar-refractivity contribution in [3.8, 4) is 0 Å². The zero-order valence-corrected chi connectivity index (χ0v) is 17.4. The summed E-state index contributed by atoms with van der Waals surface area (Å²) in [5.74, 6) is 0.700. The van der Waals surface area contributed by atoms with Crippen LogP contribution in [0.1, 0.15) is 69.3 Å². The minimum Gasteiger partial charge on any atom is -0.338 e. The smallest absolute Gasteiger partial charge is 0.317 e. The topological polar surface area (TPSA) is 64.3 Å². The van der Waals surface area contributed by atoms with E-state index in [4.69, 9.17) is 0 Å². The summed E-state index contributed by atoms with van der Waals surface area (Å²) in [7, 11) is 1.87. The van der Waals surface area contributed by atoms with Crippen LogP contribution in [0.4, 0.5) is 4.79 Å². The lowest BCUT2D eigenvalue weighted by Gasteiger charge is -2.37. The van der Waals surface area contributed by atoms with E-state index in [-0.39, 0.29) is 6.03 Å². The highest BCUT2D eigenvalue weighted by Gasteiger charge is 2.23. The maximum atomic E-state index is 12.5. The summed E-state index contributed by atoms with van der Waals surface area (Å²) in [6.07, 6.45) is 9.58. The highest BCUT2D eigenvalue weighted by molar-refractivity contribution is 5.73. The molecule has 27 heavy (non-hydrogen) atoms. The Morgan fingerprint density at radius 2 is 2.11 bits per heavy atom. The molecular weight excluding hydrogens is 338 g/mol. The lowest BCUT2D eigenvalue weighted by Crippen LogP contribution is -2.44. The van der Waals surface area contributed by atoms with Gasteiger partial charge in [0.05, 0.1) is 12.2 Å². The standard InChI is InChI=1S/C21H37N5O/c1-16(2)14-26-13-7-6-8-17(26)11-12-22-21(27)25(3)15-20-18-9-4-5-10-19(18)23-24-20/h16-17H,4-15H2,1-3H3,(H,22,27)(H,23,24)/t17-/m0/s1. The summed E-state index contributed by atoms with van der Waals surface area (Å²) in [5.41, 5.74) is 3.65. The van der Waals surface area contributed by atoms with Crippen LogP contribution in [0, 0.1) is 5.92 Å². The third-order valence-corrected chi connectivity index (χ3v) is 5.98. The van der Waals surface area contributed by atoms with Gasteiger partial charge in [0.15, 0.2) is 0 Å². The molecule has 3 rings (SSSR count). The van der Waals surface area contributed by atoms with E-state index in [9.17, 15) is 4.79 Å². The largest absolute Gasteiger partial charge is 0.338 e. The fourth-order valence-corrected chi connectivity index (χ4v) is 4.55. The van der Waals surface area contributed by atoms with Crippen molar-refractivity contribution in [2.45, 2.75) is 77.8 Å². The zero-order valence-electron chi connectivity index (χ0n) is 17.4. The van der Waals surface area contributed by atoms with Crippen LogP contribution in [-0.4, -0.2) is 58.8 Å². The van der Waals surface area contributed by atoms with Crippen LogP contribution < -0.4 is 5.32 Å². The molecule has 2 amide bonds. The number of urea groups is 1. The molecule has 2 heterocycles. The van der Waals surface area contributed by atoms with Gasteiger partial charge in [0.25, 0.3) is 0 Å². The van der Waals surface area contributed by atoms with E-state index in [0.29, 0.717) is 18.5 Å². The number of aromatic nitrogens is 2. The highest BCUT2D eigenvalue weighted by Crippen LogP contribution is 2.23. The van der Waals surface area contributed by atoms with E-state index in [1.807, 2.05) is 7.05 Å². The third-order valence-electron chi connectivity index (χ3n) is 5.98. The van der Waals surface area contributed by atoms with Crippen molar-refractivity contribution in [3.05, 3.63) is 17.0 Å². The van der Waals surface area contributed by atoms with Crippen molar-refractivity contribution in [3.63, 3.8) is 0 Å². The lowest BCUT2D eigenvalue weighted by atomic mass is 9.96. The summed E-state index contributed by atoms with van der Waals surface area (Å²) >= 11 is 0. The quantitative estimate of drug-likeness (QED) is 0.768. The fraction of sp³-hybridized carbons (Fsp3) is 0.810. The van der Waals surface area contributed by atoms with E-state index >= 15 is 0 Å². The second kappa shape index (κ2) is 9.58. The molecule has 0 saturated carbocycles. The average molecular weight is 376 g/mol. The molecular formula is C21H37N5O. The number of nitrogens with one attached hydrogen (secondary N) is 2. The molecule has 0 bridgehead atoms. The normalized spacial score (nSPS) is 20.5. The number of hydrogen-bond acceptors (Lipinski definition) is 3. The molecule has 6 heteroatoms. The second-order valence-corrected chi connectivity index (χ2v) is 8.75. The molecule has 1 atom stereocenters. The van der Waals surface area contributed by atoms with Crippen molar-refractivity contribution < 1.29 is 4.79 Å². The average Bonchev–Trinajstić information content (AvgIpc) is 3.05. The van der Waals surface area contributed by atoms with Crippen molar-refractivity contribution in [1.82, 2.24) is 25.3 Å². The number of carbonyl (C=O) groups is 1. The molecule has 152 valence electrons. The number of likely N-dealkylation sites (tertiary alicyclic amines) is 1. The Bertz CT molecular complexity index is 612. The Morgan fingerprint density at radius 1 is 1.30 bits per heavy atom. The van der Waals surface area contributed by atoms with Crippen LogP contribution in [0.2, 0.25) is 0 Å². The number of aromatic amines is 1. The molecule has 1 aromatic rings. The van der Waals surface area contributed by atoms with Gasteiger partial charge in [-0.05, 0) is 63.0 Å². The van der Waals surface area contributed by atoms with Crippen molar-refractivity contribution in [2.75, 3.05) is 26.7 Å². The van der Waals surface area contributed by atoms with Gasteiger partial charge in [0.2, 0.25) is 0 Å². The SMILES string of the molecule is CC(C)CN1CCCC[C@H]1CCNC(=O)N(C)Cc1n[nH]c2c1CCCC2. The van der Waals surface area contributed by atoms with Gasteiger partial charge in [-0.25, -0.2) is 4.79 Å². The van der Waals surface area contributed by atoms with Crippen molar-refractivity contribution >= 4 is 6.03 Å². The molecule has 1 saturated heterocycles. The zero-order chi connectivity index (χ0) is 19.2. The first-order valence-corrected chi connectivity index (χ1v) is 10.8. The Hall–Kier alpha value is -1.56. The summed E-state index contributed by atoms with van der Waals surface area (Å²) in [5, 5.41) is 10.7. The molecule has 1 fully saturated rings. The van der Waals surface area contributed by atoms with Gasteiger partial charge in [-0.2, -0.15) is 5.10 Å². The Kier molecular flexibility index (Phi) is 7.16. The maximum Gasteiger partial charge on any atom is 0.317 e. The van der Waals surface area contributed by atoms with Gasteiger partial charge >= 0.3 is 6.03 Å². The lowest BCUT2D eigenvalue weighted by molar-refractivity contribution is 0.124. The molecule has 0 spiro atoms. The van der Waals surface area contributed by atoms with Gasteiger partial charge < -0.3 is 15.1 Å². The first kappa shape index (κ1) is 20.2. The highest BCUT2D eigenvalue weighted by atomic mass is 16.2. The summed E-state index contributed by atoms with van der Waals surface area (Å²) in [6.45, 7) is 8.29. The minimum absolute atomic E-state index is 0.00813. The number of carbonyl (C=O) groups excluding carboxylic acids is 1. The Balaban J connectivity index is 1.44. The van der Waals surface area contributed by atoms with Gasteiger partial charge in [-0.3, -0.25) is 5.10 Å². The monoisotopic (exact) mass is 375 g/mol. The first-order valence-electron chi connectivity index (χ1n) is 10.8. The van der Waals surface area contributed by atoms with Crippen LogP contribution >= 0.6 is 0 Å². The van der Waals surface area contributed by atoms with Crippen LogP contribution in [-0.2, 0) is 19.4 Å². The van der Waals surface area contributed by atoms with E-state index < -0.39 is 0 Å². The van der Waals surface area contributed by atoms with E-state index in [2.05, 4.69) is 34.3 Å². The first-order chi connectivity index (χ1) is 13.0. The molecule has 1 aliphatic carbocycles. The molecule has 0 radical (unpaired) electrons. The fourth-order valence-electron chi connectivity index (χ4n) is 4.55. The summed E-state index contributed by atoms with van der Waals surface area (Å²) < 4.78 is 0. The van der Waals surface area contributed by atoms with Crippen LogP contribution in [0.3, 0.4) is 0 Å². The van der Waals surface area contributed by atoms with E-state index in [1.165, 1.54) is 56.5 Å². The van der Waals surface area contributed by atoms with E-state index in [1.54, 1.807) is 4.90 Å². The molecule has 0 aromatic carbocycles. The number of aryl methyl sites for hydroxylation is 1. The van der Waals surface area contributed by atoms with Gasteiger partial charge in [-0.15, -0.1) is 0 Å². The Labute approximate surface area is 164 Å². The van der Waals surface area contributed by atoms with Crippen LogP contribution in [0.5, 0.6) is 0 Å². The molecule has 0 unspecified atom stereocenters. The van der Waals surface area contributed by atoms with Crippen LogP contribution in [0.25, 0.3) is 0 Å². The van der Waals surface area contributed by atoms with Crippen LogP contribution in [0.15, 0.2) is 0 Å². The number of H-pyrrole nitrogens is 1. The third kappa shape index (κ3) is 5.47. The molecule has 2 aliphatic rings. The van der Waals surface area contributed by atoms with Gasteiger partial charge in [0.1, 0.15) is 0 Å². The molecule has 1 aliphatic heterocycles. The number of hydrogen-bond donors (Lipinski definition) is 2. The molecule has 1 aromatic heterocycles. The second-order valence-electron chi connectivity index (χ2n) is 8.75. The number of amides is 2. The van der Waals surface area contributed by atoms with Gasteiger partial charge in [-0.1, -0.05) is 20.3 Å². The maximum absolute atomic E-state index is 12.5. The van der Waals surface area contributed by atoms with Crippen molar-refractivity contribution in [1.29, 1.82) is 0 Å². The number of rotatable bonds is 7. The number of piperidine rings is 1. The van der Waals surface area contributed by atoms with Gasteiger partial charge in [0, 0.05) is 31.9 Å². The molecule has 2 N–H and O–H groups in total. The summed E-state index contributed by atoms with van der Waals surface area (Å²) in [4.78, 5) is 16.9. The molecule has 6 nitrogen and oxygen atoms in total. The summed E-state index contributed by atoms with van der Waals surface area (Å²) in [6, 6.07) is 0.624. The predicted molar refractivity (Wildman–Crippen MR) is 109 cm³/mol. The predicted octanol–water partition coefficient (Wildman–Crippen LogP) is 3.33. The van der Waals surface area contributed by atoms with Crippen molar-refractivity contribution in [2.24, 2.45) is 5.92 Å². The minimum atomic E-state index is 0.00813.